The summed E-state index contributed by atoms with van der Waals surface area (Å²) in [6, 6.07) is 0. The minimum atomic E-state index is -0.609. The summed E-state index contributed by atoms with van der Waals surface area (Å²) in [4.78, 5) is 0. The van der Waals surface area contributed by atoms with Crippen molar-refractivity contribution in [1.29, 1.82) is 0 Å². The van der Waals surface area contributed by atoms with Crippen molar-refractivity contribution >= 4 is 0 Å². The molecule has 2 rings (SSSR count). The highest BCUT2D eigenvalue weighted by Gasteiger charge is 2.59. The van der Waals surface area contributed by atoms with Crippen molar-refractivity contribution in [3.05, 3.63) is 25.3 Å². The zero-order valence-electron chi connectivity index (χ0n) is 11.1. The van der Waals surface area contributed by atoms with Gasteiger partial charge in [0.1, 0.15) is 0 Å². The van der Waals surface area contributed by atoms with E-state index in [1.165, 1.54) is 0 Å². The number of hydrogen-bond donors (Lipinski definition) is 1. The first-order valence-electron chi connectivity index (χ1n) is 6.88. The van der Waals surface area contributed by atoms with Crippen molar-refractivity contribution in [3.63, 3.8) is 0 Å². The average molecular weight is 252 g/mol. The predicted molar refractivity (Wildman–Crippen MR) is 71.2 cm³/mol. The molecule has 0 aromatic heterocycles. The van der Waals surface area contributed by atoms with Gasteiger partial charge in [-0.15, -0.1) is 13.2 Å². The molecule has 1 spiro atoms. The summed E-state index contributed by atoms with van der Waals surface area (Å²) < 4.78 is 11.9. The molecule has 0 unspecified atom stereocenters. The van der Waals surface area contributed by atoms with E-state index in [1.54, 1.807) is 6.08 Å². The molecule has 2 atom stereocenters. The molecule has 2 fully saturated rings. The Morgan fingerprint density at radius 2 is 1.78 bits per heavy atom. The van der Waals surface area contributed by atoms with Crippen LogP contribution in [0.5, 0.6) is 0 Å². The van der Waals surface area contributed by atoms with E-state index in [4.69, 9.17) is 9.47 Å². The fraction of sp³-hybridized carbons (Fsp3) is 0.733. The van der Waals surface area contributed by atoms with Crippen LogP contribution in [0.2, 0.25) is 0 Å². The molecule has 102 valence electrons. The van der Waals surface area contributed by atoms with Crippen LogP contribution in [0.15, 0.2) is 25.3 Å². The lowest BCUT2D eigenvalue weighted by Gasteiger charge is -2.52. The van der Waals surface area contributed by atoms with Gasteiger partial charge in [0, 0.05) is 6.42 Å². The van der Waals surface area contributed by atoms with Gasteiger partial charge >= 0.3 is 0 Å². The zero-order valence-corrected chi connectivity index (χ0v) is 11.1. The Morgan fingerprint density at radius 3 is 2.39 bits per heavy atom. The molecule has 1 aliphatic carbocycles. The van der Waals surface area contributed by atoms with E-state index in [0.29, 0.717) is 19.6 Å². The topological polar surface area (TPSA) is 38.7 Å². The molecule has 1 N–H and O–H groups in total. The van der Waals surface area contributed by atoms with Gasteiger partial charge in [-0.05, 0) is 25.7 Å². The molecular formula is C15H24O3. The lowest BCUT2D eigenvalue weighted by molar-refractivity contribution is -0.281. The molecule has 3 heteroatoms. The number of aliphatic hydroxyl groups is 1. The second kappa shape index (κ2) is 5.55. The first-order chi connectivity index (χ1) is 8.71. The van der Waals surface area contributed by atoms with Gasteiger partial charge in [0.25, 0.3) is 0 Å². The van der Waals surface area contributed by atoms with Gasteiger partial charge in [-0.3, -0.25) is 0 Å². The summed E-state index contributed by atoms with van der Waals surface area (Å²) in [6.07, 6.45) is 8.47. The Kier molecular flexibility index (Phi) is 4.25. The number of aliphatic hydroxyl groups excluding tert-OH is 1. The van der Waals surface area contributed by atoms with Crippen LogP contribution in [0.1, 0.15) is 38.5 Å². The molecule has 1 aliphatic heterocycles. The molecule has 0 radical (unpaired) electrons. The molecular weight excluding hydrogens is 228 g/mol. The lowest BCUT2D eigenvalue weighted by atomic mass is 9.63. The average Bonchev–Trinajstić information content (AvgIpc) is 2.83. The molecule has 18 heavy (non-hydrogen) atoms. The third-order valence-corrected chi connectivity index (χ3v) is 4.43. The molecule has 1 saturated carbocycles. The maximum Gasteiger partial charge on any atom is 0.176 e. The van der Waals surface area contributed by atoms with Gasteiger partial charge in [-0.2, -0.15) is 0 Å². The van der Waals surface area contributed by atoms with E-state index in [1.807, 2.05) is 6.08 Å². The summed E-state index contributed by atoms with van der Waals surface area (Å²) in [5.41, 5.74) is -0.363. The van der Waals surface area contributed by atoms with Crippen molar-refractivity contribution in [3.8, 4) is 0 Å². The Labute approximate surface area is 109 Å². The van der Waals surface area contributed by atoms with Crippen LogP contribution in [-0.2, 0) is 9.47 Å². The molecule has 2 aliphatic rings. The van der Waals surface area contributed by atoms with E-state index in [-0.39, 0.29) is 5.41 Å². The van der Waals surface area contributed by atoms with Gasteiger partial charge in [0.05, 0.1) is 24.7 Å². The lowest BCUT2D eigenvalue weighted by Crippen LogP contribution is -2.57. The van der Waals surface area contributed by atoms with Gasteiger partial charge in [-0.25, -0.2) is 0 Å². The second-order valence-corrected chi connectivity index (χ2v) is 5.35. The monoisotopic (exact) mass is 252 g/mol. The summed E-state index contributed by atoms with van der Waals surface area (Å²) in [7, 11) is 0. The van der Waals surface area contributed by atoms with Crippen LogP contribution in [-0.4, -0.2) is 30.2 Å². The van der Waals surface area contributed by atoms with E-state index in [0.717, 1.165) is 32.1 Å². The minimum Gasteiger partial charge on any atom is -0.392 e. The van der Waals surface area contributed by atoms with E-state index < -0.39 is 11.9 Å². The number of allylic oxidation sites excluding steroid dienone is 1. The van der Waals surface area contributed by atoms with Crippen LogP contribution < -0.4 is 0 Å². The molecule has 0 bridgehead atoms. The summed E-state index contributed by atoms with van der Waals surface area (Å²) in [5, 5.41) is 10.6. The minimum absolute atomic E-state index is 0.363. The molecule has 3 nitrogen and oxygen atoms in total. The van der Waals surface area contributed by atoms with E-state index >= 15 is 0 Å². The normalized spacial score (nSPS) is 32.3. The standard InChI is InChI=1S/C15H24O3/c1-3-7-13(16)14(8-4-2)9-5-6-10-15(14)17-11-12-18-15/h3-4,13,16H,1-2,5-12H2/t13-,14-/m0/s1. The number of hydrogen-bond acceptors (Lipinski definition) is 3. The first-order valence-corrected chi connectivity index (χ1v) is 6.88. The van der Waals surface area contributed by atoms with E-state index in [9.17, 15) is 5.11 Å². The highest BCUT2D eigenvalue weighted by Crippen LogP contribution is 2.54. The fourth-order valence-corrected chi connectivity index (χ4v) is 3.58. The largest absolute Gasteiger partial charge is 0.392 e. The molecule has 0 amide bonds. The molecule has 0 aromatic carbocycles. The SMILES string of the molecule is C=CC[C@H](O)[C@]1(CC=C)CCCCC12OCCO2. The van der Waals surface area contributed by atoms with Gasteiger partial charge < -0.3 is 14.6 Å². The third kappa shape index (κ3) is 2.04. The fourth-order valence-electron chi connectivity index (χ4n) is 3.58. The number of rotatable bonds is 5. The summed E-state index contributed by atoms with van der Waals surface area (Å²) in [5.74, 6) is -0.609. The molecule has 0 aromatic rings. The second-order valence-electron chi connectivity index (χ2n) is 5.35. The highest BCUT2D eigenvalue weighted by atomic mass is 16.7. The maximum absolute atomic E-state index is 10.6. The summed E-state index contributed by atoms with van der Waals surface area (Å²) in [6.45, 7) is 8.83. The smallest absolute Gasteiger partial charge is 0.176 e. The molecule has 1 saturated heterocycles. The zero-order chi connectivity index (χ0) is 13.1. The first kappa shape index (κ1) is 13.8. The molecule has 1 heterocycles. The van der Waals surface area contributed by atoms with Crippen LogP contribution in [0.4, 0.5) is 0 Å². The number of ether oxygens (including phenoxy) is 2. The van der Waals surface area contributed by atoms with Crippen molar-refractivity contribution in [1.82, 2.24) is 0 Å². The maximum atomic E-state index is 10.6. The Hall–Kier alpha value is -0.640. The quantitative estimate of drug-likeness (QED) is 0.765. The summed E-state index contributed by atoms with van der Waals surface area (Å²) >= 11 is 0. The predicted octanol–water partition coefficient (Wildman–Crippen LogP) is 2.80. The van der Waals surface area contributed by atoms with Crippen LogP contribution in [0.3, 0.4) is 0 Å². The van der Waals surface area contributed by atoms with Crippen LogP contribution in [0.25, 0.3) is 0 Å². The van der Waals surface area contributed by atoms with Crippen molar-refractivity contribution < 1.29 is 14.6 Å². The Bertz CT molecular complexity index is 307. The third-order valence-electron chi connectivity index (χ3n) is 4.43. The Balaban J connectivity index is 2.33. The van der Waals surface area contributed by atoms with Crippen LogP contribution in [0, 0.1) is 5.41 Å². The Morgan fingerprint density at radius 1 is 1.11 bits per heavy atom. The van der Waals surface area contributed by atoms with E-state index in [2.05, 4.69) is 13.2 Å². The van der Waals surface area contributed by atoms with Crippen LogP contribution >= 0.6 is 0 Å². The van der Waals surface area contributed by atoms with Gasteiger partial charge in [-0.1, -0.05) is 18.6 Å². The van der Waals surface area contributed by atoms with Crippen molar-refractivity contribution in [2.45, 2.75) is 50.4 Å². The highest BCUT2D eigenvalue weighted by molar-refractivity contribution is 5.06. The van der Waals surface area contributed by atoms with Gasteiger partial charge in [0.2, 0.25) is 0 Å². The van der Waals surface area contributed by atoms with Gasteiger partial charge in [0.15, 0.2) is 5.79 Å². The van der Waals surface area contributed by atoms with Crippen molar-refractivity contribution in [2.75, 3.05) is 13.2 Å². The van der Waals surface area contributed by atoms with Crippen molar-refractivity contribution in [2.24, 2.45) is 5.41 Å².